The van der Waals surface area contributed by atoms with Crippen LogP contribution in [0.1, 0.15) is 28.8 Å². The highest BCUT2D eigenvalue weighted by Gasteiger charge is 2.36. The quantitative estimate of drug-likeness (QED) is 0.860. The lowest BCUT2D eigenvalue weighted by atomic mass is 10.1. The normalized spacial score (nSPS) is 22.2. The number of carbonyl (C=O) groups is 1. The number of ether oxygens (including phenoxy) is 2. The number of rotatable bonds is 3. The van der Waals surface area contributed by atoms with E-state index in [1.165, 1.54) is 17.0 Å². The summed E-state index contributed by atoms with van der Waals surface area (Å²) >= 11 is 0. The molecule has 1 aromatic rings. The van der Waals surface area contributed by atoms with Crippen molar-refractivity contribution in [3.63, 3.8) is 0 Å². The molecule has 0 aromatic heterocycles. The number of halogens is 3. The minimum absolute atomic E-state index is 0.144. The maximum atomic E-state index is 13.2. The van der Waals surface area contributed by atoms with Crippen molar-refractivity contribution in [2.75, 3.05) is 27.2 Å². The molecule has 0 unspecified atom stereocenters. The summed E-state index contributed by atoms with van der Waals surface area (Å²) in [6.07, 6.45) is -3.39. The van der Waals surface area contributed by atoms with Gasteiger partial charge in [-0.2, -0.15) is 13.2 Å². The first kappa shape index (κ1) is 16.6. The lowest BCUT2D eigenvalue weighted by molar-refractivity contribution is -0.885. The van der Waals surface area contributed by atoms with Crippen LogP contribution < -0.4 is 9.64 Å². The largest absolute Gasteiger partial charge is 0.489 e. The Kier molecular flexibility index (Phi) is 4.95. The third kappa shape index (κ3) is 3.91. The van der Waals surface area contributed by atoms with Crippen LogP contribution in [0.25, 0.3) is 0 Å². The maximum Gasteiger partial charge on any atom is 0.419 e. The van der Waals surface area contributed by atoms with Crippen molar-refractivity contribution in [2.45, 2.75) is 25.1 Å². The van der Waals surface area contributed by atoms with Gasteiger partial charge in [0.1, 0.15) is 11.9 Å². The van der Waals surface area contributed by atoms with Crippen molar-refractivity contribution in [2.24, 2.45) is 0 Å². The molecule has 0 spiro atoms. The number of carbonyl (C=O) groups excluding carboxylic acids is 1. The second-order valence-corrected chi connectivity index (χ2v) is 5.47. The molecule has 0 radical (unpaired) electrons. The van der Waals surface area contributed by atoms with E-state index >= 15 is 0 Å². The van der Waals surface area contributed by atoms with Gasteiger partial charge in [0.05, 0.1) is 38.4 Å². The van der Waals surface area contributed by atoms with Crippen LogP contribution in [0.3, 0.4) is 0 Å². The van der Waals surface area contributed by atoms with Crippen LogP contribution in [0.4, 0.5) is 13.2 Å². The Hall–Kier alpha value is -1.76. The number of nitrogens with one attached hydrogen (secondary N) is 1. The highest BCUT2D eigenvalue weighted by molar-refractivity contribution is 5.89. The number of hydrogen-bond acceptors (Lipinski definition) is 3. The predicted molar refractivity (Wildman–Crippen MR) is 73.1 cm³/mol. The maximum absolute atomic E-state index is 13.2. The van der Waals surface area contributed by atoms with E-state index in [0.29, 0.717) is 12.8 Å². The van der Waals surface area contributed by atoms with Gasteiger partial charge in [-0.1, -0.05) is 0 Å². The van der Waals surface area contributed by atoms with Crippen LogP contribution in [0, 0.1) is 0 Å². The Labute approximate surface area is 126 Å². The average molecular weight is 318 g/mol. The molecule has 0 bridgehead atoms. The van der Waals surface area contributed by atoms with Crippen LogP contribution in [0.2, 0.25) is 0 Å². The van der Waals surface area contributed by atoms with Crippen molar-refractivity contribution in [3.8, 4) is 5.75 Å². The summed E-state index contributed by atoms with van der Waals surface area (Å²) in [5.41, 5.74) is -1.09. The van der Waals surface area contributed by atoms with Crippen molar-refractivity contribution >= 4 is 5.97 Å². The second-order valence-electron chi connectivity index (χ2n) is 5.47. The third-order valence-corrected chi connectivity index (χ3v) is 3.79. The highest BCUT2D eigenvalue weighted by atomic mass is 19.4. The summed E-state index contributed by atoms with van der Waals surface area (Å²) < 4.78 is 49.5. The van der Waals surface area contributed by atoms with E-state index in [0.717, 1.165) is 26.3 Å². The van der Waals surface area contributed by atoms with Gasteiger partial charge in [0, 0.05) is 12.8 Å². The molecule has 1 aromatic carbocycles. The van der Waals surface area contributed by atoms with Crippen molar-refractivity contribution in [1.29, 1.82) is 0 Å². The Bertz CT molecular complexity index is 537. The molecule has 7 heteroatoms. The highest BCUT2D eigenvalue weighted by Crippen LogP contribution is 2.37. The van der Waals surface area contributed by atoms with Gasteiger partial charge in [-0.05, 0) is 18.2 Å². The van der Waals surface area contributed by atoms with Gasteiger partial charge >= 0.3 is 12.1 Å². The first-order valence-electron chi connectivity index (χ1n) is 7.08. The van der Waals surface area contributed by atoms with Crippen molar-refractivity contribution < 1.29 is 32.3 Å². The molecule has 1 aliphatic heterocycles. The summed E-state index contributed by atoms with van der Waals surface area (Å²) in [6, 6.07) is 3.26. The number of likely N-dealkylation sites (tertiary alicyclic amines) is 1. The van der Waals surface area contributed by atoms with Crippen molar-refractivity contribution in [1.82, 2.24) is 0 Å². The van der Waals surface area contributed by atoms with Gasteiger partial charge in [-0.25, -0.2) is 4.79 Å². The van der Waals surface area contributed by atoms with Crippen LogP contribution in [-0.4, -0.2) is 39.3 Å². The molecular weight excluding hydrogens is 299 g/mol. The van der Waals surface area contributed by atoms with Gasteiger partial charge in [0.2, 0.25) is 0 Å². The Morgan fingerprint density at radius 1 is 1.27 bits per heavy atom. The molecule has 1 saturated heterocycles. The smallest absolute Gasteiger partial charge is 0.419 e. The zero-order valence-electron chi connectivity index (χ0n) is 12.5. The van der Waals surface area contributed by atoms with E-state index in [1.54, 1.807) is 0 Å². The molecule has 122 valence electrons. The number of quaternary nitrogens is 1. The molecule has 2 rings (SSSR count). The number of esters is 1. The summed E-state index contributed by atoms with van der Waals surface area (Å²) in [4.78, 5) is 12.7. The number of hydrogen-bond donors (Lipinski definition) is 1. The molecule has 0 amide bonds. The summed E-state index contributed by atoms with van der Waals surface area (Å²) in [5, 5.41) is 0. The van der Waals surface area contributed by atoms with Crippen LogP contribution >= 0.6 is 0 Å². The summed E-state index contributed by atoms with van der Waals surface area (Å²) in [7, 11) is 3.17. The van der Waals surface area contributed by atoms with Gasteiger partial charge in [0.15, 0.2) is 0 Å². The fourth-order valence-corrected chi connectivity index (χ4v) is 2.48. The van der Waals surface area contributed by atoms with E-state index in [9.17, 15) is 18.0 Å². The zero-order chi connectivity index (χ0) is 16.3. The molecule has 1 fully saturated rings. The van der Waals surface area contributed by atoms with Gasteiger partial charge in [-0.15, -0.1) is 0 Å². The molecule has 1 N–H and O–H groups in total. The van der Waals surface area contributed by atoms with Crippen molar-refractivity contribution in [3.05, 3.63) is 29.3 Å². The van der Waals surface area contributed by atoms with E-state index in [-0.39, 0.29) is 17.4 Å². The minimum atomic E-state index is -4.59. The minimum Gasteiger partial charge on any atom is -0.489 e. The average Bonchev–Trinajstić information content (AvgIpc) is 2.48. The molecule has 22 heavy (non-hydrogen) atoms. The fourth-order valence-electron chi connectivity index (χ4n) is 2.48. The number of methoxy groups -OCH3 is 1. The number of benzene rings is 1. The number of alkyl halides is 3. The topological polar surface area (TPSA) is 40.0 Å². The van der Waals surface area contributed by atoms with E-state index in [4.69, 9.17) is 4.74 Å². The Balaban J connectivity index is 2.24. The monoisotopic (exact) mass is 318 g/mol. The van der Waals surface area contributed by atoms with Crippen LogP contribution in [0.5, 0.6) is 5.75 Å². The van der Waals surface area contributed by atoms with Crippen LogP contribution in [-0.2, 0) is 10.9 Å². The standard InChI is InChI=1S/C15H18F3NO3/c1-19-7-5-11(6-8-19)22-13-4-3-10(14(20)21-2)9-12(13)15(16,17)18/h3-4,9,11H,5-8H2,1-2H3/p+1. The van der Waals surface area contributed by atoms with E-state index < -0.39 is 17.7 Å². The SMILES string of the molecule is COC(=O)c1ccc(OC2CC[NH+](C)CC2)c(C(F)(F)F)c1. The molecule has 1 heterocycles. The van der Waals surface area contributed by atoms with E-state index in [2.05, 4.69) is 4.74 Å². The molecule has 4 nitrogen and oxygen atoms in total. The number of piperidine rings is 1. The fraction of sp³-hybridized carbons (Fsp3) is 0.533. The summed E-state index contributed by atoms with van der Waals surface area (Å²) in [5.74, 6) is -1.04. The Morgan fingerprint density at radius 3 is 2.45 bits per heavy atom. The van der Waals surface area contributed by atoms with Gasteiger partial charge < -0.3 is 14.4 Å². The third-order valence-electron chi connectivity index (χ3n) is 3.79. The second kappa shape index (κ2) is 6.56. The van der Waals surface area contributed by atoms with Gasteiger partial charge in [0.25, 0.3) is 0 Å². The molecule has 1 aliphatic rings. The molecule has 0 atom stereocenters. The Morgan fingerprint density at radius 2 is 1.91 bits per heavy atom. The summed E-state index contributed by atoms with van der Waals surface area (Å²) in [6.45, 7) is 1.73. The van der Waals surface area contributed by atoms with Crippen LogP contribution in [0.15, 0.2) is 18.2 Å². The molecule has 0 aliphatic carbocycles. The van der Waals surface area contributed by atoms with E-state index in [1.807, 2.05) is 7.05 Å². The first-order valence-corrected chi connectivity index (χ1v) is 7.08. The lowest BCUT2D eigenvalue weighted by Crippen LogP contribution is -3.10. The molecular formula is C15H19F3NO3+. The molecule has 0 saturated carbocycles. The first-order chi connectivity index (χ1) is 10.3. The predicted octanol–water partition coefficient (Wildman–Crippen LogP) is 1.55. The lowest BCUT2D eigenvalue weighted by Gasteiger charge is -2.28. The zero-order valence-corrected chi connectivity index (χ0v) is 12.5. The van der Waals surface area contributed by atoms with Gasteiger partial charge in [-0.3, -0.25) is 0 Å².